The second-order valence-corrected chi connectivity index (χ2v) is 5.24. The van der Waals surface area contributed by atoms with Crippen LogP contribution in [0, 0.1) is 5.82 Å². The van der Waals surface area contributed by atoms with E-state index in [4.69, 9.17) is 13.9 Å². The zero-order valence-electron chi connectivity index (χ0n) is 12.2. The molecule has 1 aliphatic rings. The molecular weight excluding hydrogens is 301 g/mol. The van der Waals surface area contributed by atoms with E-state index < -0.39 is 0 Å². The first kappa shape index (κ1) is 14.0. The Balaban J connectivity index is 1.51. The van der Waals surface area contributed by atoms with E-state index in [1.807, 2.05) is 6.07 Å². The lowest BCUT2D eigenvalue weighted by atomic mass is 10.1. The van der Waals surface area contributed by atoms with E-state index in [-0.39, 0.29) is 12.6 Å². The van der Waals surface area contributed by atoms with Crippen molar-refractivity contribution < 1.29 is 18.3 Å². The van der Waals surface area contributed by atoms with Crippen LogP contribution in [0.5, 0.6) is 5.75 Å². The average Bonchev–Trinajstić information content (AvgIpc) is 3.04. The molecule has 118 valence electrons. The first-order valence-corrected chi connectivity index (χ1v) is 7.26. The lowest BCUT2D eigenvalue weighted by Gasteiger charge is -2.21. The molecule has 0 fully saturated rings. The number of nitrogens with zero attached hydrogens (tertiary/aromatic N) is 2. The highest BCUT2D eigenvalue weighted by Gasteiger charge is 2.17. The minimum Gasteiger partial charge on any atom is -0.467 e. The summed E-state index contributed by atoms with van der Waals surface area (Å²) in [4.78, 5) is 0. The third kappa shape index (κ3) is 2.70. The van der Waals surface area contributed by atoms with Crippen molar-refractivity contribution in [1.82, 2.24) is 10.2 Å². The third-order valence-corrected chi connectivity index (χ3v) is 3.70. The van der Waals surface area contributed by atoms with Gasteiger partial charge in [0.2, 0.25) is 0 Å². The summed E-state index contributed by atoms with van der Waals surface area (Å²) in [5.74, 6) is 0.990. The van der Waals surface area contributed by atoms with Crippen LogP contribution in [0.4, 0.5) is 10.2 Å². The number of hydrogen-bond donors (Lipinski definition) is 1. The van der Waals surface area contributed by atoms with Gasteiger partial charge in [0.25, 0.3) is 0 Å². The van der Waals surface area contributed by atoms with Gasteiger partial charge in [0.05, 0.1) is 19.1 Å². The van der Waals surface area contributed by atoms with E-state index in [1.165, 1.54) is 12.1 Å². The Kier molecular flexibility index (Phi) is 3.55. The van der Waals surface area contributed by atoms with Crippen LogP contribution in [0.25, 0.3) is 11.0 Å². The van der Waals surface area contributed by atoms with Gasteiger partial charge in [-0.25, -0.2) is 4.39 Å². The van der Waals surface area contributed by atoms with Crippen molar-refractivity contribution in [3.05, 3.63) is 47.6 Å². The van der Waals surface area contributed by atoms with Gasteiger partial charge in [0, 0.05) is 17.5 Å². The Morgan fingerprint density at radius 1 is 1.30 bits per heavy atom. The normalized spacial score (nSPS) is 13.6. The number of benzene rings is 1. The predicted octanol–water partition coefficient (Wildman–Crippen LogP) is 2.88. The van der Waals surface area contributed by atoms with Gasteiger partial charge in [0.1, 0.15) is 11.6 Å². The standard InChI is InChI=1S/C16H14FN3O3/c17-13-5-10(14-12(6-13)8-21-9-23-14)1-3-18-16-15-11(2-4-22-15)7-19-20-16/h2,4-7H,1,3,8-9H2,(H,18,20). The zero-order chi connectivity index (χ0) is 15.6. The van der Waals surface area contributed by atoms with Crippen LogP contribution in [0.3, 0.4) is 0 Å². The summed E-state index contributed by atoms with van der Waals surface area (Å²) in [5.41, 5.74) is 2.19. The summed E-state index contributed by atoms with van der Waals surface area (Å²) in [7, 11) is 0. The Morgan fingerprint density at radius 2 is 2.26 bits per heavy atom. The molecule has 2 aromatic heterocycles. The van der Waals surface area contributed by atoms with Gasteiger partial charge in [-0.3, -0.25) is 0 Å². The molecule has 0 radical (unpaired) electrons. The SMILES string of the molecule is Fc1cc(CCNc2nncc3ccoc23)c2c(c1)COCO2. The van der Waals surface area contributed by atoms with Crippen LogP contribution in [0.15, 0.2) is 35.1 Å². The molecule has 0 aliphatic carbocycles. The van der Waals surface area contributed by atoms with Gasteiger partial charge in [0.15, 0.2) is 18.2 Å². The van der Waals surface area contributed by atoms with E-state index >= 15 is 0 Å². The van der Waals surface area contributed by atoms with Crippen LogP contribution < -0.4 is 10.1 Å². The number of halogens is 1. The lowest BCUT2D eigenvalue weighted by Crippen LogP contribution is -2.15. The first-order valence-electron chi connectivity index (χ1n) is 7.26. The van der Waals surface area contributed by atoms with E-state index in [1.54, 1.807) is 12.5 Å². The van der Waals surface area contributed by atoms with Crippen LogP contribution in [-0.4, -0.2) is 23.5 Å². The highest BCUT2D eigenvalue weighted by atomic mass is 19.1. The largest absolute Gasteiger partial charge is 0.467 e. The highest BCUT2D eigenvalue weighted by Crippen LogP contribution is 2.30. The molecule has 0 saturated heterocycles. The summed E-state index contributed by atoms with van der Waals surface area (Å²) in [6.07, 6.45) is 3.82. The number of nitrogens with one attached hydrogen (secondary N) is 1. The van der Waals surface area contributed by atoms with Gasteiger partial charge in [-0.15, -0.1) is 5.10 Å². The summed E-state index contributed by atoms with van der Waals surface area (Å²) >= 11 is 0. The van der Waals surface area contributed by atoms with Crippen molar-refractivity contribution in [1.29, 1.82) is 0 Å². The molecule has 0 unspecified atom stereocenters. The van der Waals surface area contributed by atoms with E-state index in [2.05, 4.69) is 15.5 Å². The smallest absolute Gasteiger partial charge is 0.192 e. The van der Waals surface area contributed by atoms with Crippen LogP contribution >= 0.6 is 0 Å². The van der Waals surface area contributed by atoms with Gasteiger partial charge in [-0.05, 0) is 30.2 Å². The molecule has 0 bridgehead atoms. The molecule has 23 heavy (non-hydrogen) atoms. The van der Waals surface area contributed by atoms with Crippen molar-refractivity contribution >= 4 is 16.8 Å². The van der Waals surface area contributed by atoms with E-state index in [9.17, 15) is 4.39 Å². The highest BCUT2D eigenvalue weighted by molar-refractivity contribution is 5.85. The number of ether oxygens (including phenoxy) is 2. The van der Waals surface area contributed by atoms with Gasteiger partial charge in [-0.2, -0.15) is 5.10 Å². The van der Waals surface area contributed by atoms with Crippen LogP contribution in [0.2, 0.25) is 0 Å². The van der Waals surface area contributed by atoms with Crippen molar-refractivity contribution in [2.75, 3.05) is 18.7 Å². The molecule has 0 spiro atoms. The Morgan fingerprint density at radius 3 is 3.22 bits per heavy atom. The van der Waals surface area contributed by atoms with Gasteiger partial charge < -0.3 is 19.2 Å². The summed E-state index contributed by atoms with van der Waals surface area (Å²) in [5, 5.41) is 12.0. The maximum absolute atomic E-state index is 13.7. The average molecular weight is 315 g/mol. The Labute approximate surface area is 131 Å². The number of rotatable bonds is 4. The van der Waals surface area contributed by atoms with Crippen molar-refractivity contribution in [3.63, 3.8) is 0 Å². The molecule has 0 atom stereocenters. The number of hydrogen-bond acceptors (Lipinski definition) is 6. The van der Waals surface area contributed by atoms with Crippen molar-refractivity contribution in [2.24, 2.45) is 0 Å². The van der Waals surface area contributed by atoms with Crippen molar-refractivity contribution in [2.45, 2.75) is 13.0 Å². The lowest BCUT2D eigenvalue weighted by molar-refractivity contribution is -0.0172. The van der Waals surface area contributed by atoms with E-state index in [0.29, 0.717) is 36.7 Å². The molecule has 6 nitrogen and oxygen atoms in total. The first-order chi connectivity index (χ1) is 11.3. The maximum Gasteiger partial charge on any atom is 0.192 e. The fourth-order valence-electron chi connectivity index (χ4n) is 2.68. The number of furan rings is 1. The second kappa shape index (κ2) is 5.85. The maximum atomic E-state index is 13.7. The minimum atomic E-state index is -0.291. The molecule has 7 heteroatoms. The molecule has 0 saturated carbocycles. The minimum absolute atomic E-state index is 0.191. The van der Waals surface area contributed by atoms with Crippen LogP contribution in [0.1, 0.15) is 11.1 Å². The molecule has 1 aromatic carbocycles. The Bertz CT molecular complexity index is 850. The number of fused-ring (bicyclic) bond motifs is 2. The Hall–Kier alpha value is -2.67. The fraction of sp³-hybridized carbons (Fsp3) is 0.250. The van der Waals surface area contributed by atoms with Crippen LogP contribution in [-0.2, 0) is 17.8 Å². The molecular formula is C16H14FN3O3. The van der Waals surface area contributed by atoms with Crippen molar-refractivity contribution in [3.8, 4) is 5.75 Å². The quantitative estimate of drug-likeness (QED) is 0.798. The fourth-order valence-corrected chi connectivity index (χ4v) is 2.68. The summed E-state index contributed by atoms with van der Waals surface area (Å²) in [6, 6.07) is 4.76. The monoisotopic (exact) mass is 315 g/mol. The topological polar surface area (TPSA) is 69.4 Å². The van der Waals surface area contributed by atoms with Gasteiger partial charge >= 0.3 is 0 Å². The number of anilines is 1. The van der Waals surface area contributed by atoms with E-state index in [0.717, 1.165) is 16.5 Å². The molecule has 1 N–H and O–H groups in total. The molecule has 3 heterocycles. The van der Waals surface area contributed by atoms with Gasteiger partial charge in [-0.1, -0.05) is 0 Å². The summed E-state index contributed by atoms with van der Waals surface area (Å²) in [6.45, 7) is 1.11. The third-order valence-electron chi connectivity index (χ3n) is 3.70. The summed E-state index contributed by atoms with van der Waals surface area (Å²) < 4.78 is 29.8. The predicted molar refractivity (Wildman–Crippen MR) is 80.7 cm³/mol. The number of aromatic nitrogens is 2. The molecule has 0 amide bonds. The second-order valence-electron chi connectivity index (χ2n) is 5.24. The molecule has 4 rings (SSSR count). The zero-order valence-corrected chi connectivity index (χ0v) is 12.2. The molecule has 3 aromatic rings. The molecule has 1 aliphatic heterocycles.